The third kappa shape index (κ3) is 8.11. The van der Waals surface area contributed by atoms with Gasteiger partial charge in [0.2, 0.25) is 0 Å². The lowest BCUT2D eigenvalue weighted by Gasteiger charge is -2.21. The fourth-order valence-electron chi connectivity index (χ4n) is 3.31. The third-order valence-electron chi connectivity index (χ3n) is 4.59. The summed E-state index contributed by atoms with van der Waals surface area (Å²) in [5, 5.41) is 0. The molecule has 0 bridgehead atoms. The van der Waals surface area contributed by atoms with Crippen LogP contribution in [0.25, 0.3) is 0 Å². The molecule has 0 spiro atoms. The highest BCUT2D eigenvalue weighted by atomic mass is 16.5. The molecular weight excluding hydrogens is 322 g/mol. The normalized spacial score (nSPS) is 10.5. The lowest BCUT2D eigenvalue weighted by atomic mass is 10.1. The minimum atomic E-state index is 0.816. The molecule has 0 saturated heterocycles. The van der Waals surface area contributed by atoms with Crippen molar-refractivity contribution in [2.75, 3.05) is 46.7 Å². The summed E-state index contributed by atoms with van der Waals surface area (Å²) in [5.74, 6) is 2.10. The summed E-state index contributed by atoms with van der Waals surface area (Å²) in [5.41, 5.74) is 1.15. The number of nitrogens with zero attached hydrogens (tertiary/aromatic N) is 3. The number of hydrogen-bond acceptors (Lipinski definition) is 1. The van der Waals surface area contributed by atoms with E-state index in [0.717, 1.165) is 30.4 Å². The van der Waals surface area contributed by atoms with Crippen molar-refractivity contribution in [2.24, 2.45) is 0 Å². The standard InChI is InChI=1S/C22H40N3O/c1-7-8-9-10-11-12-13-14-19-26-21-17-15-20(16-18-21)25(6)22(23(2)3)24(4)5/h15-18H,7-14,19H2,1-6H3/q+1. The van der Waals surface area contributed by atoms with Crippen LogP contribution in [0.3, 0.4) is 0 Å². The fraction of sp³-hybridized carbons (Fsp3) is 0.682. The zero-order chi connectivity index (χ0) is 19.4. The van der Waals surface area contributed by atoms with E-state index in [-0.39, 0.29) is 0 Å². The van der Waals surface area contributed by atoms with E-state index in [0.29, 0.717) is 0 Å². The topological polar surface area (TPSA) is 18.7 Å². The lowest BCUT2D eigenvalue weighted by molar-refractivity contribution is -0.470. The number of ether oxygens (including phenoxy) is 1. The first kappa shape index (κ1) is 22.3. The van der Waals surface area contributed by atoms with Crippen LogP contribution in [0.1, 0.15) is 58.3 Å². The van der Waals surface area contributed by atoms with Gasteiger partial charge in [-0.3, -0.25) is 9.48 Å². The summed E-state index contributed by atoms with van der Waals surface area (Å²) < 4.78 is 8.01. The Morgan fingerprint density at radius 2 is 1.38 bits per heavy atom. The van der Waals surface area contributed by atoms with Gasteiger partial charge in [-0.05, 0) is 30.7 Å². The first-order valence-electron chi connectivity index (χ1n) is 10.2. The van der Waals surface area contributed by atoms with E-state index in [1.54, 1.807) is 0 Å². The molecule has 0 radical (unpaired) electrons. The van der Waals surface area contributed by atoms with Crippen molar-refractivity contribution < 1.29 is 9.31 Å². The second-order valence-corrected chi connectivity index (χ2v) is 7.47. The molecule has 1 rings (SSSR count). The summed E-state index contributed by atoms with van der Waals surface area (Å²) in [4.78, 5) is 4.30. The molecule has 4 heteroatoms. The Bertz CT molecular complexity index is 519. The maximum Gasteiger partial charge on any atom is 0.354 e. The van der Waals surface area contributed by atoms with Crippen LogP contribution >= 0.6 is 0 Å². The van der Waals surface area contributed by atoms with Gasteiger partial charge in [0.05, 0.1) is 41.8 Å². The third-order valence-corrected chi connectivity index (χ3v) is 4.59. The molecule has 0 aromatic heterocycles. The van der Waals surface area contributed by atoms with E-state index in [1.165, 1.54) is 44.9 Å². The fourth-order valence-corrected chi connectivity index (χ4v) is 3.31. The van der Waals surface area contributed by atoms with Crippen LogP contribution in [-0.2, 0) is 0 Å². The van der Waals surface area contributed by atoms with Gasteiger partial charge in [-0.1, -0.05) is 51.9 Å². The molecule has 0 amide bonds. The molecule has 0 saturated carbocycles. The first-order valence-corrected chi connectivity index (χ1v) is 10.2. The van der Waals surface area contributed by atoms with E-state index in [1.807, 2.05) is 0 Å². The molecule has 4 nitrogen and oxygen atoms in total. The van der Waals surface area contributed by atoms with Crippen LogP contribution in [0.4, 0.5) is 5.69 Å². The van der Waals surface area contributed by atoms with Crippen molar-refractivity contribution in [3.8, 4) is 5.75 Å². The van der Waals surface area contributed by atoms with Crippen molar-refractivity contribution in [3.05, 3.63) is 24.3 Å². The lowest BCUT2D eigenvalue weighted by Crippen LogP contribution is -2.43. The highest BCUT2D eigenvalue weighted by Gasteiger charge is 2.20. The van der Waals surface area contributed by atoms with Gasteiger partial charge in [-0.2, -0.15) is 0 Å². The van der Waals surface area contributed by atoms with Crippen molar-refractivity contribution in [1.29, 1.82) is 0 Å². The zero-order valence-corrected chi connectivity index (χ0v) is 17.9. The van der Waals surface area contributed by atoms with Crippen molar-refractivity contribution in [3.63, 3.8) is 0 Å². The van der Waals surface area contributed by atoms with Gasteiger partial charge in [0.1, 0.15) is 11.4 Å². The van der Waals surface area contributed by atoms with E-state index in [2.05, 4.69) is 80.8 Å². The van der Waals surface area contributed by atoms with E-state index in [4.69, 9.17) is 4.74 Å². The monoisotopic (exact) mass is 362 g/mol. The summed E-state index contributed by atoms with van der Waals surface area (Å²) >= 11 is 0. The molecule has 0 aliphatic heterocycles. The molecule has 0 unspecified atom stereocenters. The molecule has 0 aliphatic carbocycles. The second kappa shape index (κ2) is 12.6. The smallest absolute Gasteiger partial charge is 0.354 e. The number of guanidine groups is 1. The molecule has 0 N–H and O–H groups in total. The molecule has 0 aliphatic rings. The largest absolute Gasteiger partial charge is 0.494 e. The average Bonchev–Trinajstić information content (AvgIpc) is 2.60. The van der Waals surface area contributed by atoms with Crippen LogP contribution in [-0.4, -0.2) is 57.3 Å². The van der Waals surface area contributed by atoms with Crippen LogP contribution in [0.5, 0.6) is 5.75 Å². The van der Waals surface area contributed by atoms with Gasteiger partial charge in [0, 0.05) is 0 Å². The molecule has 1 aromatic rings. The van der Waals surface area contributed by atoms with Gasteiger partial charge in [0.15, 0.2) is 0 Å². The molecule has 148 valence electrons. The predicted octanol–water partition coefficient (Wildman–Crippen LogP) is 4.83. The molecule has 1 aromatic carbocycles. The molecule has 0 heterocycles. The van der Waals surface area contributed by atoms with Gasteiger partial charge in [-0.15, -0.1) is 0 Å². The summed E-state index contributed by atoms with van der Waals surface area (Å²) in [7, 11) is 10.3. The number of unbranched alkanes of at least 4 members (excludes halogenated alkanes) is 7. The Balaban J connectivity index is 2.34. The van der Waals surface area contributed by atoms with Crippen molar-refractivity contribution in [1.82, 2.24) is 4.90 Å². The Morgan fingerprint density at radius 3 is 1.88 bits per heavy atom. The predicted molar refractivity (Wildman–Crippen MR) is 114 cm³/mol. The van der Waals surface area contributed by atoms with Crippen molar-refractivity contribution >= 4 is 11.6 Å². The number of anilines is 1. The van der Waals surface area contributed by atoms with Crippen LogP contribution < -0.4 is 9.64 Å². The summed E-state index contributed by atoms with van der Waals surface area (Å²) in [6.45, 7) is 3.08. The molecule has 0 atom stereocenters. The second-order valence-electron chi connectivity index (χ2n) is 7.47. The molecule has 26 heavy (non-hydrogen) atoms. The SMILES string of the molecule is CCCCCCCCCCOc1ccc(N(C)C(N(C)C)=[N+](C)C)cc1. The Labute approximate surface area is 161 Å². The van der Waals surface area contributed by atoms with E-state index < -0.39 is 0 Å². The van der Waals surface area contributed by atoms with Gasteiger partial charge < -0.3 is 4.74 Å². The highest BCUT2D eigenvalue weighted by molar-refractivity contribution is 5.91. The quantitative estimate of drug-likeness (QED) is 0.243. The minimum absolute atomic E-state index is 0.816. The maximum atomic E-state index is 5.90. The summed E-state index contributed by atoms with van der Waals surface area (Å²) in [6, 6.07) is 8.38. The minimum Gasteiger partial charge on any atom is -0.494 e. The Hall–Kier alpha value is -1.71. The van der Waals surface area contributed by atoms with Crippen LogP contribution in [0.2, 0.25) is 0 Å². The van der Waals surface area contributed by atoms with Gasteiger partial charge in [-0.25, -0.2) is 4.90 Å². The number of hydrogen-bond donors (Lipinski definition) is 0. The van der Waals surface area contributed by atoms with Crippen LogP contribution in [0.15, 0.2) is 24.3 Å². The van der Waals surface area contributed by atoms with Crippen LogP contribution in [0, 0.1) is 0 Å². The van der Waals surface area contributed by atoms with Crippen molar-refractivity contribution in [2.45, 2.75) is 58.3 Å². The average molecular weight is 363 g/mol. The summed E-state index contributed by atoms with van der Waals surface area (Å²) in [6.07, 6.45) is 10.6. The number of benzene rings is 1. The van der Waals surface area contributed by atoms with Gasteiger partial charge in [0.25, 0.3) is 0 Å². The first-order chi connectivity index (χ1) is 12.5. The number of rotatable bonds is 11. The Kier molecular flexibility index (Phi) is 10.8. The maximum absolute atomic E-state index is 5.90. The molecular formula is C22H40N3O+. The van der Waals surface area contributed by atoms with E-state index in [9.17, 15) is 0 Å². The van der Waals surface area contributed by atoms with E-state index >= 15 is 0 Å². The molecule has 0 fully saturated rings. The Morgan fingerprint density at radius 1 is 0.846 bits per heavy atom. The highest BCUT2D eigenvalue weighted by Crippen LogP contribution is 2.19. The van der Waals surface area contributed by atoms with Gasteiger partial charge >= 0.3 is 5.96 Å². The zero-order valence-electron chi connectivity index (χ0n) is 17.9.